The minimum absolute atomic E-state index is 0.284. The Bertz CT molecular complexity index is 356. The zero-order valence-corrected chi connectivity index (χ0v) is 7.42. The summed E-state index contributed by atoms with van der Waals surface area (Å²) in [5.41, 5.74) is 7.09. The highest BCUT2D eigenvalue weighted by atomic mass is 19.1. The SMILES string of the molecule is C=CN=C(N)c1cc(F)ccc1C. The molecule has 2 nitrogen and oxygen atoms in total. The smallest absolute Gasteiger partial charge is 0.130 e. The van der Waals surface area contributed by atoms with Crippen molar-refractivity contribution in [1.29, 1.82) is 0 Å². The lowest BCUT2D eigenvalue weighted by Gasteiger charge is -2.03. The van der Waals surface area contributed by atoms with Crippen molar-refractivity contribution in [3.05, 3.63) is 47.9 Å². The molecule has 0 radical (unpaired) electrons. The summed E-state index contributed by atoms with van der Waals surface area (Å²) < 4.78 is 12.8. The number of rotatable bonds is 2. The van der Waals surface area contributed by atoms with Crippen LogP contribution in [-0.2, 0) is 0 Å². The molecule has 68 valence electrons. The Kier molecular flexibility index (Phi) is 2.80. The van der Waals surface area contributed by atoms with Gasteiger partial charge in [-0.3, -0.25) is 0 Å². The van der Waals surface area contributed by atoms with Crippen LogP contribution in [0.1, 0.15) is 11.1 Å². The molecule has 2 N–H and O–H groups in total. The number of nitrogens with zero attached hydrogens (tertiary/aromatic N) is 1. The average molecular weight is 178 g/mol. The van der Waals surface area contributed by atoms with Gasteiger partial charge in [-0.1, -0.05) is 12.6 Å². The molecule has 0 amide bonds. The van der Waals surface area contributed by atoms with Gasteiger partial charge in [0.1, 0.15) is 11.7 Å². The van der Waals surface area contributed by atoms with Crippen molar-refractivity contribution < 1.29 is 4.39 Å². The largest absolute Gasteiger partial charge is 0.383 e. The first-order chi connectivity index (χ1) is 6.15. The highest BCUT2D eigenvalue weighted by molar-refractivity contribution is 5.99. The monoisotopic (exact) mass is 178 g/mol. The van der Waals surface area contributed by atoms with E-state index < -0.39 is 0 Å². The third kappa shape index (κ3) is 2.15. The van der Waals surface area contributed by atoms with Crippen molar-refractivity contribution in [3.8, 4) is 0 Å². The number of nitrogens with two attached hydrogens (primary N) is 1. The standard InChI is InChI=1S/C10H11FN2/c1-3-13-10(12)9-6-8(11)5-4-7(9)2/h3-6H,1H2,2H3,(H2,12,13). The van der Waals surface area contributed by atoms with Crippen molar-refractivity contribution in [2.75, 3.05) is 0 Å². The maximum absolute atomic E-state index is 12.8. The number of aryl methyl sites for hydroxylation is 1. The van der Waals surface area contributed by atoms with Crippen molar-refractivity contribution in [2.24, 2.45) is 10.7 Å². The van der Waals surface area contributed by atoms with Crippen LogP contribution in [-0.4, -0.2) is 5.84 Å². The Labute approximate surface area is 76.6 Å². The Hall–Kier alpha value is -1.64. The van der Waals surface area contributed by atoms with Crippen molar-refractivity contribution in [3.63, 3.8) is 0 Å². The van der Waals surface area contributed by atoms with Crippen LogP contribution in [0.4, 0.5) is 4.39 Å². The number of hydrogen-bond acceptors (Lipinski definition) is 1. The van der Waals surface area contributed by atoms with E-state index in [0.717, 1.165) is 5.56 Å². The van der Waals surface area contributed by atoms with Gasteiger partial charge in [-0.2, -0.15) is 0 Å². The Morgan fingerprint density at radius 1 is 1.62 bits per heavy atom. The number of hydrogen-bond donors (Lipinski definition) is 1. The van der Waals surface area contributed by atoms with Crippen molar-refractivity contribution >= 4 is 5.84 Å². The summed E-state index contributed by atoms with van der Waals surface area (Å²) in [6.45, 7) is 5.26. The molecule has 0 fully saturated rings. The molecule has 3 heteroatoms. The van der Waals surface area contributed by atoms with Crippen LogP contribution in [0.5, 0.6) is 0 Å². The Morgan fingerprint density at radius 3 is 2.92 bits per heavy atom. The summed E-state index contributed by atoms with van der Waals surface area (Å²) in [6, 6.07) is 4.41. The third-order valence-electron chi connectivity index (χ3n) is 1.71. The number of aliphatic imine (C=N–C) groups is 1. The highest BCUT2D eigenvalue weighted by Crippen LogP contribution is 2.09. The van der Waals surface area contributed by atoms with E-state index in [1.54, 1.807) is 6.07 Å². The number of halogens is 1. The van der Waals surface area contributed by atoms with E-state index in [-0.39, 0.29) is 11.7 Å². The predicted octanol–water partition coefficient (Wildman–Crippen LogP) is 1.98. The fraction of sp³-hybridized carbons (Fsp3) is 0.100. The van der Waals surface area contributed by atoms with E-state index in [1.807, 2.05) is 6.92 Å². The summed E-state index contributed by atoms with van der Waals surface area (Å²) >= 11 is 0. The van der Waals surface area contributed by atoms with Crippen LogP contribution < -0.4 is 5.73 Å². The first-order valence-corrected chi connectivity index (χ1v) is 3.86. The molecule has 1 aromatic rings. The molecule has 1 rings (SSSR count). The lowest BCUT2D eigenvalue weighted by atomic mass is 10.1. The normalized spacial score (nSPS) is 11.4. The molecular weight excluding hydrogens is 167 g/mol. The van der Waals surface area contributed by atoms with Crippen LogP contribution in [0.2, 0.25) is 0 Å². The minimum Gasteiger partial charge on any atom is -0.383 e. The van der Waals surface area contributed by atoms with Gasteiger partial charge >= 0.3 is 0 Å². The number of amidine groups is 1. The molecule has 0 aliphatic rings. The molecule has 0 heterocycles. The molecule has 0 bridgehead atoms. The second-order valence-electron chi connectivity index (χ2n) is 2.66. The van der Waals surface area contributed by atoms with Gasteiger partial charge in [0, 0.05) is 11.8 Å². The lowest BCUT2D eigenvalue weighted by Crippen LogP contribution is -2.14. The van der Waals surface area contributed by atoms with Crippen LogP contribution >= 0.6 is 0 Å². The number of benzene rings is 1. The third-order valence-corrected chi connectivity index (χ3v) is 1.71. The second-order valence-corrected chi connectivity index (χ2v) is 2.66. The summed E-state index contributed by atoms with van der Waals surface area (Å²) in [6.07, 6.45) is 1.33. The van der Waals surface area contributed by atoms with Crippen LogP contribution in [0.25, 0.3) is 0 Å². The molecule has 1 aromatic carbocycles. The molecule has 0 aromatic heterocycles. The van der Waals surface area contributed by atoms with Crippen LogP contribution in [0.3, 0.4) is 0 Å². The van der Waals surface area contributed by atoms with Gasteiger partial charge in [0.25, 0.3) is 0 Å². The summed E-state index contributed by atoms with van der Waals surface area (Å²) in [5, 5.41) is 0. The van der Waals surface area contributed by atoms with Gasteiger partial charge in [0.15, 0.2) is 0 Å². The molecular formula is C10H11FN2. The fourth-order valence-corrected chi connectivity index (χ4v) is 1.04. The first-order valence-electron chi connectivity index (χ1n) is 3.86. The molecule has 0 saturated heterocycles. The Balaban J connectivity index is 3.20. The molecule has 0 saturated carbocycles. The summed E-state index contributed by atoms with van der Waals surface area (Å²) in [5.74, 6) is -0.0326. The minimum atomic E-state index is -0.317. The zero-order chi connectivity index (χ0) is 9.84. The summed E-state index contributed by atoms with van der Waals surface area (Å²) in [4.78, 5) is 3.79. The van der Waals surface area contributed by atoms with Gasteiger partial charge in [0.05, 0.1) is 0 Å². The highest BCUT2D eigenvalue weighted by Gasteiger charge is 2.03. The van der Waals surface area contributed by atoms with E-state index in [9.17, 15) is 4.39 Å². The molecule has 0 aliphatic carbocycles. The van der Waals surface area contributed by atoms with E-state index >= 15 is 0 Å². The summed E-state index contributed by atoms with van der Waals surface area (Å²) in [7, 11) is 0. The predicted molar refractivity (Wildman–Crippen MR) is 52.1 cm³/mol. The molecule has 0 spiro atoms. The topological polar surface area (TPSA) is 38.4 Å². The zero-order valence-electron chi connectivity index (χ0n) is 7.42. The average Bonchev–Trinajstić information content (AvgIpc) is 2.09. The molecule has 0 atom stereocenters. The Morgan fingerprint density at radius 2 is 2.31 bits per heavy atom. The van der Waals surface area contributed by atoms with E-state index in [0.29, 0.717) is 5.56 Å². The van der Waals surface area contributed by atoms with E-state index in [4.69, 9.17) is 5.73 Å². The lowest BCUT2D eigenvalue weighted by molar-refractivity contribution is 0.627. The van der Waals surface area contributed by atoms with Crippen LogP contribution in [0, 0.1) is 12.7 Å². The molecule has 13 heavy (non-hydrogen) atoms. The van der Waals surface area contributed by atoms with Gasteiger partial charge in [0.2, 0.25) is 0 Å². The van der Waals surface area contributed by atoms with Gasteiger partial charge in [-0.25, -0.2) is 9.38 Å². The van der Waals surface area contributed by atoms with Gasteiger partial charge < -0.3 is 5.73 Å². The van der Waals surface area contributed by atoms with Crippen molar-refractivity contribution in [1.82, 2.24) is 0 Å². The fourth-order valence-electron chi connectivity index (χ4n) is 1.04. The quantitative estimate of drug-likeness (QED) is 0.545. The molecule has 0 unspecified atom stereocenters. The first kappa shape index (κ1) is 9.45. The van der Waals surface area contributed by atoms with Gasteiger partial charge in [-0.05, 0) is 24.6 Å². The van der Waals surface area contributed by atoms with Gasteiger partial charge in [-0.15, -0.1) is 0 Å². The molecule has 0 aliphatic heterocycles. The second kappa shape index (κ2) is 3.85. The maximum atomic E-state index is 12.8. The van der Waals surface area contributed by atoms with Crippen molar-refractivity contribution in [2.45, 2.75) is 6.92 Å². The maximum Gasteiger partial charge on any atom is 0.130 e. The van der Waals surface area contributed by atoms with Crippen LogP contribution in [0.15, 0.2) is 36.0 Å². The van der Waals surface area contributed by atoms with E-state index in [1.165, 1.54) is 18.3 Å². The van der Waals surface area contributed by atoms with E-state index in [2.05, 4.69) is 11.6 Å².